The predicted molar refractivity (Wildman–Crippen MR) is 81.6 cm³/mol. The Bertz CT molecular complexity index is 455. The van der Waals surface area contributed by atoms with Crippen LogP contribution < -0.4 is 15.4 Å². The fraction of sp³-hybridized carbons (Fsp3) is 0.786. The zero-order chi connectivity index (χ0) is 15.2. The minimum atomic E-state index is 0.00447. The van der Waals surface area contributed by atoms with Crippen LogP contribution in [0.15, 0.2) is 0 Å². The lowest BCUT2D eigenvalue weighted by Crippen LogP contribution is -2.35. The van der Waals surface area contributed by atoms with Crippen molar-refractivity contribution in [3.05, 3.63) is 0 Å². The fourth-order valence-corrected chi connectivity index (χ4v) is 2.58. The van der Waals surface area contributed by atoms with E-state index in [9.17, 15) is 5.11 Å². The summed E-state index contributed by atoms with van der Waals surface area (Å²) >= 11 is 0. The lowest BCUT2D eigenvalue weighted by molar-refractivity contribution is 0.177. The SMILES string of the molecule is CNc1nc(NC2CCCCC2CO)nc(OC(C)C)n1. The zero-order valence-corrected chi connectivity index (χ0v) is 13.0. The molecule has 1 aromatic rings. The Balaban J connectivity index is 2.13. The number of nitrogens with one attached hydrogen (secondary N) is 2. The zero-order valence-electron chi connectivity index (χ0n) is 13.0. The number of anilines is 2. The van der Waals surface area contributed by atoms with Gasteiger partial charge in [0.15, 0.2) is 0 Å². The van der Waals surface area contributed by atoms with Crippen LogP contribution in [0.5, 0.6) is 6.01 Å². The van der Waals surface area contributed by atoms with Gasteiger partial charge in [0, 0.05) is 25.6 Å². The van der Waals surface area contributed by atoms with Crippen LogP contribution in [0.2, 0.25) is 0 Å². The molecule has 0 aromatic carbocycles. The van der Waals surface area contributed by atoms with Gasteiger partial charge in [-0.25, -0.2) is 0 Å². The Labute approximate surface area is 125 Å². The molecule has 3 N–H and O–H groups in total. The van der Waals surface area contributed by atoms with Crippen LogP contribution in [0.3, 0.4) is 0 Å². The lowest BCUT2D eigenvalue weighted by Gasteiger charge is -2.30. The van der Waals surface area contributed by atoms with E-state index in [-0.39, 0.29) is 24.7 Å². The number of hydrogen-bond donors (Lipinski definition) is 3. The molecule has 2 unspecified atom stereocenters. The number of rotatable bonds is 6. The summed E-state index contributed by atoms with van der Waals surface area (Å²) in [6.45, 7) is 4.05. The van der Waals surface area contributed by atoms with Crippen LogP contribution in [0.4, 0.5) is 11.9 Å². The second kappa shape index (κ2) is 7.40. The van der Waals surface area contributed by atoms with Gasteiger partial charge in [-0.3, -0.25) is 0 Å². The third kappa shape index (κ3) is 4.42. The maximum Gasteiger partial charge on any atom is 0.323 e. The van der Waals surface area contributed by atoms with Crippen molar-refractivity contribution in [2.24, 2.45) is 5.92 Å². The van der Waals surface area contributed by atoms with E-state index in [1.807, 2.05) is 13.8 Å². The predicted octanol–water partition coefficient (Wildman–Crippen LogP) is 1.66. The highest BCUT2D eigenvalue weighted by atomic mass is 16.5. The van der Waals surface area contributed by atoms with E-state index in [0.29, 0.717) is 17.9 Å². The molecule has 0 radical (unpaired) electrons. The molecule has 1 heterocycles. The third-order valence-corrected chi connectivity index (χ3v) is 3.64. The topological polar surface area (TPSA) is 92.2 Å². The van der Waals surface area contributed by atoms with Crippen LogP contribution in [0, 0.1) is 5.92 Å². The van der Waals surface area contributed by atoms with Crippen molar-refractivity contribution in [1.82, 2.24) is 15.0 Å². The van der Waals surface area contributed by atoms with Gasteiger partial charge in [0.2, 0.25) is 11.9 Å². The maximum absolute atomic E-state index is 9.48. The van der Waals surface area contributed by atoms with Gasteiger partial charge < -0.3 is 20.5 Å². The van der Waals surface area contributed by atoms with Gasteiger partial charge in [-0.1, -0.05) is 12.8 Å². The Hall–Kier alpha value is -1.63. The van der Waals surface area contributed by atoms with Crippen molar-refractivity contribution in [3.8, 4) is 6.01 Å². The number of aliphatic hydroxyl groups excluding tert-OH is 1. The number of hydrogen-bond acceptors (Lipinski definition) is 7. The molecule has 2 atom stereocenters. The number of aromatic nitrogens is 3. The van der Waals surface area contributed by atoms with Crippen LogP contribution in [0.25, 0.3) is 0 Å². The summed E-state index contributed by atoms with van der Waals surface area (Å²) in [5.74, 6) is 1.22. The molecule has 7 nitrogen and oxygen atoms in total. The Morgan fingerprint density at radius 2 is 1.90 bits per heavy atom. The quantitative estimate of drug-likeness (QED) is 0.735. The van der Waals surface area contributed by atoms with Crippen LogP contribution in [0.1, 0.15) is 39.5 Å². The molecule has 1 fully saturated rings. The normalized spacial score (nSPS) is 22.1. The molecule has 118 valence electrons. The summed E-state index contributed by atoms with van der Waals surface area (Å²) in [6.07, 6.45) is 4.39. The smallest absolute Gasteiger partial charge is 0.323 e. The second-order valence-corrected chi connectivity index (χ2v) is 5.66. The maximum atomic E-state index is 9.48. The highest BCUT2D eigenvalue weighted by Crippen LogP contribution is 2.26. The number of aliphatic hydroxyl groups is 1. The van der Waals surface area contributed by atoms with E-state index in [1.165, 1.54) is 6.42 Å². The fourth-order valence-electron chi connectivity index (χ4n) is 2.58. The van der Waals surface area contributed by atoms with Crippen molar-refractivity contribution in [1.29, 1.82) is 0 Å². The Morgan fingerprint density at radius 1 is 1.19 bits per heavy atom. The molecule has 7 heteroatoms. The van der Waals surface area contributed by atoms with E-state index >= 15 is 0 Å². The van der Waals surface area contributed by atoms with Gasteiger partial charge in [-0.05, 0) is 26.7 Å². The lowest BCUT2D eigenvalue weighted by atomic mass is 9.85. The molecule has 0 amide bonds. The number of ether oxygens (including phenoxy) is 1. The average molecular weight is 295 g/mol. The van der Waals surface area contributed by atoms with Gasteiger partial charge in [0.25, 0.3) is 0 Å². The molecule has 21 heavy (non-hydrogen) atoms. The van der Waals surface area contributed by atoms with Gasteiger partial charge >= 0.3 is 6.01 Å². The Morgan fingerprint density at radius 3 is 2.57 bits per heavy atom. The van der Waals surface area contributed by atoms with Gasteiger partial charge in [0.1, 0.15) is 0 Å². The van der Waals surface area contributed by atoms with Crippen molar-refractivity contribution in [2.45, 2.75) is 51.7 Å². The largest absolute Gasteiger partial charge is 0.461 e. The van der Waals surface area contributed by atoms with E-state index in [1.54, 1.807) is 7.05 Å². The standard InChI is InChI=1S/C14H25N5O2/c1-9(2)21-14-18-12(15-3)17-13(19-14)16-11-7-5-4-6-10(11)8-20/h9-11,20H,4-8H2,1-3H3,(H2,15,16,17,18,19). The second-order valence-electron chi connectivity index (χ2n) is 5.66. The molecule has 1 aromatic heterocycles. The number of nitrogens with zero attached hydrogens (tertiary/aromatic N) is 3. The summed E-state index contributed by atoms with van der Waals surface area (Å²) < 4.78 is 5.55. The van der Waals surface area contributed by atoms with Gasteiger partial charge in [-0.15, -0.1) is 0 Å². The van der Waals surface area contributed by atoms with Crippen LogP contribution >= 0.6 is 0 Å². The summed E-state index contributed by atoms with van der Waals surface area (Å²) in [6, 6.07) is 0.506. The molecular formula is C14H25N5O2. The van der Waals surface area contributed by atoms with E-state index in [0.717, 1.165) is 19.3 Å². The molecule has 0 saturated heterocycles. The summed E-state index contributed by atoms with van der Waals surface area (Å²) in [4.78, 5) is 12.8. The van der Waals surface area contributed by atoms with E-state index in [4.69, 9.17) is 4.74 Å². The van der Waals surface area contributed by atoms with Crippen molar-refractivity contribution in [2.75, 3.05) is 24.3 Å². The molecular weight excluding hydrogens is 270 g/mol. The highest BCUT2D eigenvalue weighted by molar-refractivity contribution is 5.36. The molecule has 1 aliphatic rings. The molecule has 0 spiro atoms. The summed E-state index contributed by atoms with van der Waals surface area (Å²) in [5.41, 5.74) is 0. The average Bonchev–Trinajstić information content (AvgIpc) is 2.46. The van der Waals surface area contributed by atoms with Crippen LogP contribution in [-0.4, -0.2) is 45.9 Å². The first-order valence-electron chi connectivity index (χ1n) is 7.60. The first-order valence-corrected chi connectivity index (χ1v) is 7.60. The first kappa shape index (κ1) is 15.8. The molecule has 1 saturated carbocycles. The van der Waals surface area contributed by atoms with Crippen molar-refractivity contribution >= 4 is 11.9 Å². The minimum Gasteiger partial charge on any atom is -0.461 e. The Kier molecular flexibility index (Phi) is 5.55. The summed E-state index contributed by atoms with van der Waals surface area (Å²) in [7, 11) is 1.76. The highest BCUT2D eigenvalue weighted by Gasteiger charge is 2.25. The van der Waals surface area contributed by atoms with Crippen molar-refractivity contribution in [3.63, 3.8) is 0 Å². The van der Waals surface area contributed by atoms with Gasteiger partial charge in [0.05, 0.1) is 6.10 Å². The first-order chi connectivity index (χ1) is 10.1. The van der Waals surface area contributed by atoms with Gasteiger partial charge in [-0.2, -0.15) is 15.0 Å². The minimum absolute atomic E-state index is 0.00447. The third-order valence-electron chi connectivity index (χ3n) is 3.64. The van der Waals surface area contributed by atoms with Crippen LogP contribution in [-0.2, 0) is 0 Å². The molecule has 0 bridgehead atoms. The monoisotopic (exact) mass is 295 g/mol. The molecule has 1 aliphatic carbocycles. The molecule has 0 aliphatic heterocycles. The van der Waals surface area contributed by atoms with Crippen molar-refractivity contribution < 1.29 is 9.84 Å². The molecule has 2 rings (SSSR count). The van der Waals surface area contributed by atoms with E-state index in [2.05, 4.69) is 25.6 Å². The summed E-state index contributed by atoms with van der Waals surface area (Å²) in [5, 5.41) is 15.7. The van der Waals surface area contributed by atoms with E-state index < -0.39 is 0 Å².